The lowest BCUT2D eigenvalue weighted by Gasteiger charge is -2.15. The van der Waals surface area contributed by atoms with Gasteiger partial charge in [-0.2, -0.15) is 0 Å². The molecule has 0 aliphatic heterocycles. The Bertz CT molecular complexity index is 565. The van der Waals surface area contributed by atoms with Crippen LogP contribution in [0.1, 0.15) is 22.8 Å². The molecule has 0 saturated heterocycles. The lowest BCUT2D eigenvalue weighted by molar-refractivity contribution is 0.123. The fourth-order valence-corrected chi connectivity index (χ4v) is 3.23. The van der Waals surface area contributed by atoms with Gasteiger partial charge < -0.3 is 5.11 Å². The molecule has 0 spiro atoms. The van der Waals surface area contributed by atoms with Crippen molar-refractivity contribution in [2.75, 3.05) is 0 Å². The largest absolute Gasteiger partial charge is 0.388 e. The van der Waals surface area contributed by atoms with Crippen molar-refractivity contribution in [3.63, 3.8) is 0 Å². The van der Waals surface area contributed by atoms with Gasteiger partial charge in [0.05, 0.1) is 6.10 Å². The average Bonchev–Trinajstić information content (AvgIpc) is 2.70. The monoisotopic (exact) mass is 302 g/mol. The Morgan fingerprint density at radius 1 is 1.06 bits per heavy atom. The van der Waals surface area contributed by atoms with Crippen molar-refractivity contribution in [3.05, 3.63) is 69.7 Å². The molecule has 1 N–H and O–H groups in total. The van der Waals surface area contributed by atoms with Crippen LogP contribution in [0.2, 0.25) is 0 Å². The van der Waals surface area contributed by atoms with Gasteiger partial charge >= 0.3 is 0 Å². The van der Waals surface area contributed by atoms with Gasteiger partial charge in [-0.3, -0.25) is 0 Å². The Morgan fingerprint density at radius 3 is 2.56 bits per heavy atom. The van der Waals surface area contributed by atoms with Crippen LogP contribution in [0.3, 0.4) is 0 Å². The van der Waals surface area contributed by atoms with Crippen LogP contribution in [0.4, 0.5) is 0 Å². The summed E-state index contributed by atoms with van der Waals surface area (Å²) < 4.78 is 1.13. The fraction of sp³-hybridized carbons (Fsp3) is 0.250. The van der Waals surface area contributed by atoms with Crippen molar-refractivity contribution in [2.24, 2.45) is 5.92 Å². The molecule has 0 radical (unpaired) electrons. The summed E-state index contributed by atoms with van der Waals surface area (Å²) in [6, 6.07) is 16.5. The normalized spacial score (nSPS) is 21.9. The minimum Gasteiger partial charge on any atom is -0.388 e. The van der Waals surface area contributed by atoms with Crippen LogP contribution < -0.4 is 0 Å². The van der Waals surface area contributed by atoms with Crippen LogP contribution in [-0.4, -0.2) is 5.11 Å². The van der Waals surface area contributed by atoms with Gasteiger partial charge in [-0.25, -0.2) is 0 Å². The van der Waals surface area contributed by atoms with Gasteiger partial charge in [0.15, 0.2) is 0 Å². The highest BCUT2D eigenvalue weighted by Crippen LogP contribution is 2.38. The smallest absolute Gasteiger partial charge is 0.0827 e. The second-order valence-corrected chi connectivity index (χ2v) is 5.76. The van der Waals surface area contributed by atoms with Crippen molar-refractivity contribution in [3.8, 4) is 0 Å². The highest BCUT2D eigenvalue weighted by Gasteiger charge is 2.30. The maximum absolute atomic E-state index is 10.4. The summed E-state index contributed by atoms with van der Waals surface area (Å²) >= 11 is 3.58. The molecular weight excluding hydrogens is 288 g/mol. The van der Waals surface area contributed by atoms with Gasteiger partial charge in [0.25, 0.3) is 0 Å². The number of aliphatic hydroxyl groups excluding tert-OH is 1. The van der Waals surface area contributed by atoms with Crippen LogP contribution in [0.15, 0.2) is 53.0 Å². The summed E-state index contributed by atoms with van der Waals surface area (Å²) in [5.41, 5.74) is 3.67. The third-order valence-corrected chi connectivity index (χ3v) is 4.52. The minimum absolute atomic E-state index is 0.293. The molecule has 18 heavy (non-hydrogen) atoms. The molecule has 2 atom stereocenters. The SMILES string of the molecule is OC1c2ccccc2CC1Cc1ccccc1Br. The van der Waals surface area contributed by atoms with Crippen molar-refractivity contribution in [1.82, 2.24) is 0 Å². The predicted molar refractivity (Wildman–Crippen MR) is 76.4 cm³/mol. The number of halogens is 1. The Morgan fingerprint density at radius 2 is 1.78 bits per heavy atom. The fourth-order valence-electron chi connectivity index (χ4n) is 2.79. The highest BCUT2D eigenvalue weighted by molar-refractivity contribution is 9.10. The summed E-state index contributed by atoms with van der Waals surface area (Å²) in [6.45, 7) is 0. The van der Waals surface area contributed by atoms with Gasteiger partial charge in [0.2, 0.25) is 0 Å². The van der Waals surface area contributed by atoms with Crippen molar-refractivity contribution < 1.29 is 5.11 Å². The Kier molecular flexibility index (Phi) is 3.23. The molecule has 0 saturated carbocycles. The summed E-state index contributed by atoms with van der Waals surface area (Å²) in [7, 11) is 0. The van der Waals surface area contributed by atoms with Gasteiger partial charge in [0.1, 0.15) is 0 Å². The molecule has 2 heteroatoms. The van der Waals surface area contributed by atoms with Crippen LogP contribution in [0.5, 0.6) is 0 Å². The molecule has 0 bridgehead atoms. The van der Waals surface area contributed by atoms with E-state index in [1.807, 2.05) is 24.3 Å². The van der Waals surface area contributed by atoms with Crippen molar-refractivity contribution in [2.45, 2.75) is 18.9 Å². The second kappa shape index (κ2) is 4.87. The summed E-state index contributed by atoms with van der Waals surface area (Å²) in [5, 5.41) is 10.4. The first-order valence-corrected chi connectivity index (χ1v) is 7.04. The van der Waals surface area contributed by atoms with E-state index in [-0.39, 0.29) is 6.10 Å². The van der Waals surface area contributed by atoms with E-state index in [9.17, 15) is 5.11 Å². The Labute approximate surface area is 116 Å². The number of fused-ring (bicyclic) bond motifs is 1. The van der Waals surface area contributed by atoms with Crippen molar-refractivity contribution in [1.29, 1.82) is 0 Å². The van der Waals surface area contributed by atoms with E-state index < -0.39 is 0 Å². The number of aliphatic hydroxyl groups is 1. The molecule has 92 valence electrons. The van der Waals surface area contributed by atoms with Crippen LogP contribution in [-0.2, 0) is 12.8 Å². The average molecular weight is 303 g/mol. The number of benzene rings is 2. The zero-order valence-corrected chi connectivity index (χ0v) is 11.6. The predicted octanol–water partition coefficient (Wildman–Crippen LogP) is 3.90. The molecule has 1 nitrogen and oxygen atoms in total. The van der Waals surface area contributed by atoms with E-state index in [4.69, 9.17) is 0 Å². The first-order chi connectivity index (χ1) is 8.75. The standard InChI is InChI=1S/C16H15BrO/c17-15-8-4-2-6-12(15)10-13-9-11-5-1-3-7-14(11)16(13)18/h1-8,13,16,18H,9-10H2. The highest BCUT2D eigenvalue weighted by atomic mass is 79.9. The first kappa shape index (κ1) is 11.9. The number of rotatable bonds is 2. The van der Waals surface area contributed by atoms with Gasteiger partial charge in [-0.05, 0) is 41.5 Å². The van der Waals surface area contributed by atoms with E-state index in [2.05, 4.69) is 40.2 Å². The second-order valence-electron chi connectivity index (χ2n) is 4.90. The Hall–Kier alpha value is -1.12. The summed E-state index contributed by atoms with van der Waals surface area (Å²) in [5.74, 6) is 0.293. The molecule has 0 amide bonds. The van der Waals surface area contributed by atoms with E-state index in [1.54, 1.807) is 0 Å². The number of hydrogen-bond donors (Lipinski definition) is 1. The van der Waals surface area contributed by atoms with E-state index in [0.29, 0.717) is 5.92 Å². The first-order valence-electron chi connectivity index (χ1n) is 6.25. The quantitative estimate of drug-likeness (QED) is 0.892. The molecular formula is C16H15BrO. The molecule has 2 aromatic carbocycles. The molecule has 2 unspecified atom stereocenters. The molecule has 1 aliphatic rings. The lowest BCUT2D eigenvalue weighted by atomic mass is 9.95. The molecule has 0 heterocycles. The van der Waals surface area contributed by atoms with Crippen LogP contribution in [0.25, 0.3) is 0 Å². The number of hydrogen-bond acceptors (Lipinski definition) is 1. The lowest BCUT2D eigenvalue weighted by Crippen LogP contribution is -2.10. The maximum Gasteiger partial charge on any atom is 0.0827 e. The topological polar surface area (TPSA) is 20.2 Å². The third-order valence-electron chi connectivity index (χ3n) is 3.74. The molecule has 0 aromatic heterocycles. The zero-order chi connectivity index (χ0) is 12.5. The zero-order valence-electron chi connectivity index (χ0n) is 10.0. The molecule has 0 fully saturated rings. The van der Waals surface area contributed by atoms with Crippen LogP contribution >= 0.6 is 15.9 Å². The van der Waals surface area contributed by atoms with Crippen LogP contribution in [0, 0.1) is 5.92 Å². The minimum atomic E-state index is -0.326. The summed E-state index contributed by atoms with van der Waals surface area (Å²) in [6.07, 6.45) is 1.56. The van der Waals surface area contributed by atoms with Gasteiger partial charge in [-0.1, -0.05) is 58.4 Å². The van der Waals surface area contributed by atoms with E-state index in [1.165, 1.54) is 11.1 Å². The summed E-state index contributed by atoms with van der Waals surface area (Å²) in [4.78, 5) is 0. The van der Waals surface area contributed by atoms with Gasteiger partial charge in [-0.15, -0.1) is 0 Å². The third kappa shape index (κ3) is 2.11. The van der Waals surface area contributed by atoms with E-state index >= 15 is 0 Å². The van der Waals surface area contributed by atoms with Gasteiger partial charge in [0, 0.05) is 4.47 Å². The Balaban J connectivity index is 1.83. The molecule has 2 aromatic rings. The molecule has 1 aliphatic carbocycles. The maximum atomic E-state index is 10.4. The van der Waals surface area contributed by atoms with E-state index in [0.717, 1.165) is 22.9 Å². The molecule has 3 rings (SSSR count). The van der Waals surface area contributed by atoms with Crippen molar-refractivity contribution >= 4 is 15.9 Å².